The molecule has 0 aromatic heterocycles. The van der Waals surface area contributed by atoms with Crippen molar-refractivity contribution < 1.29 is 19.4 Å². The van der Waals surface area contributed by atoms with Gasteiger partial charge in [-0.3, -0.25) is 0 Å². The predicted molar refractivity (Wildman–Crippen MR) is 71.7 cm³/mol. The van der Waals surface area contributed by atoms with Gasteiger partial charge < -0.3 is 20.5 Å². The van der Waals surface area contributed by atoms with Gasteiger partial charge in [0.15, 0.2) is 0 Å². The molecular weight excluding hydrogens is 248 g/mol. The molecule has 0 bridgehead atoms. The Morgan fingerprint density at radius 1 is 1.37 bits per heavy atom. The van der Waals surface area contributed by atoms with Gasteiger partial charge in [0.2, 0.25) is 0 Å². The Bertz CT molecular complexity index is 460. The van der Waals surface area contributed by atoms with Gasteiger partial charge in [-0.15, -0.1) is 0 Å². The van der Waals surface area contributed by atoms with Crippen LogP contribution in [0.1, 0.15) is 22.8 Å². The topological polar surface area (TPSA) is 87.7 Å². The van der Waals surface area contributed by atoms with E-state index in [1.807, 2.05) is 6.92 Å². The predicted octanol–water partition coefficient (Wildman–Crippen LogP) is 1.85. The SMILES string of the molecule is CCOCCNC(=O)Nc1cccc(C)c1C(=O)O. The quantitative estimate of drug-likeness (QED) is 0.686. The van der Waals surface area contributed by atoms with E-state index >= 15 is 0 Å². The fourth-order valence-electron chi connectivity index (χ4n) is 1.60. The summed E-state index contributed by atoms with van der Waals surface area (Å²) in [6, 6.07) is 4.48. The van der Waals surface area contributed by atoms with Crippen molar-refractivity contribution in [2.75, 3.05) is 25.1 Å². The van der Waals surface area contributed by atoms with Crippen LogP contribution >= 0.6 is 0 Å². The molecule has 6 nitrogen and oxygen atoms in total. The monoisotopic (exact) mass is 266 g/mol. The minimum Gasteiger partial charge on any atom is -0.478 e. The molecule has 0 saturated heterocycles. The number of carbonyl (C=O) groups excluding carboxylic acids is 1. The number of rotatable bonds is 6. The van der Waals surface area contributed by atoms with Gasteiger partial charge in [-0.25, -0.2) is 9.59 Å². The zero-order chi connectivity index (χ0) is 14.3. The minimum atomic E-state index is -1.07. The normalized spacial score (nSPS) is 10.0. The van der Waals surface area contributed by atoms with Gasteiger partial charge in [-0.2, -0.15) is 0 Å². The molecule has 0 heterocycles. The van der Waals surface area contributed by atoms with E-state index in [2.05, 4.69) is 10.6 Å². The number of urea groups is 1. The van der Waals surface area contributed by atoms with Crippen LogP contribution in [0.2, 0.25) is 0 Å². The molecule has 0 saturated carbocycles. The lowest BCUT2D eigenvalue weighted by Crippen LogP contribution is -2.32. The second-order valence-corrected chi connectivity index (χ2v) is 3.88. The van der Waals surface area contributed by atoms with Gasteiger partial charge in [0, 0.05) is 13.2 Å². The molecule has 19 heavy (non-hydrogen) atoms. The summed E-state index contributed by atoms with van der Waals surface area (Å²) >= 11 is 0. The number of benzene rings is 1. The lowest BCUT2D eigenvalue weighted by molar-refractivity contribution is 0.0697. The third kappa shape index (κ3) is 4.59. The number of carboxylic acid groups (broad SMARTS) is 1. The van der Waals surface area contributed by atoms with E-state index in [0.29, 0.717) is 25.3 Å². The van der Waals surface area contributed by atoms with Crippen LogP contribution in [0.5, 0.6) is 0 Å². The van der Waals surface area contributed by atoms with Crippen LogP contribution in [0, 0.1) is 6.92 Å². The maximum Gasteiger partial charge on any atom is 0.338 e. The van der Waals surface area contributed by atoms with E-state index in [0.717, 1.165) is 0 Å². The standard InChI is InChI=1S/C13H18N2O4/c1-3-19-8-7-14-13(18)15-10-6-4-5-9(2)11(10)12(16)17/h4-6H,3,7-8H2,1-2H3,(H,16,17)(H2,14,15,18). The van der Waals surface area contributed by atoms with Crippen LogP contribution < -0.4 is 10.6 Å². The Morgan fingerprint density at radius 2 is 2.11 bits per heavy atom. The fourth-order valence-corrected chi connectivity index (χ4v) is 1.60. The number of nitrogens with one attached hydrogen (secondary N) is 2. The molecule has 3 N–H and O–H groups in total. The Morgan fingerprint density at radius 3 is 2.74 bits per heavy atom. The zero-order valence-corrected chi connectivity index (χ0v) is 11.0. The van der Waals surface area contributed by atoms with Crippen LogP contribution in [0.15, 0.2) is 18.2 Å². The van der Waals surface area contributed by atoms with Gasteiger partial charge >= 0.3 is 12.0 Å². The summed E-state index contributed by atoms with van der Waals surface area (Å²) in [6.45, 7) is 4.93. The summed E-state index contributed by atoms with van der Waals surface area (Å²) in [5, 5.41) is 14.2. The molecule has 0 fully saturated rings. The van der Waals surface area contributed by atoms with Gasteiger partial charge in [0.1, 0.15) is 0 Å². The number of carbonyl (C=O) groups is 2. The first-order valence-electron chi connectivity index (χ1n) is 6.01. The van der Waals surface area contributed by atoms with E-state index in [1.165, 1.54) is 0 Å². The molecule has 0 aliphatic rings. The smallest absolute Gasteiger partial charge is 0.338 e. The maximum absolute atomic E-state index is 11.6. The first kappa shape index (κ1) is 15.0. The molecule has 1 aromatic carbocycles. The molecule has 0 spiro atoms. The second-order valence-electron chi connectivity index (χ2n) is 3.88. The molecule has 0 radical (unpaired) electrons. The number of anilines is 1. The Balaban J connectivity index is 2.64. The summed E-state index contributed by atoms with van der Waals surface area (Å²) < 4.78 is 5.08. The highest BCUT2D eigenvalue weighted by atomic mass is 16.5. The number of carboxylic acids is 1. The van der Waals surface area contributed by atoms with E-state index < -0.39 is 12.0 Å². The molecule has 0 unspecified atom stereocenters. The molecule has 6 heteroatoms. The molecule has 1 aromatic rings. The van der Waals surface area contributed by atoms with E-state index in [4.69, 9.17) is 9.84 Å². The van der Waals surface area contributed by atoms with E-state index in [-0.39, 0.29) is 11.3 Å². The lowest BCUT2D eigenvalue weighted by atomic mass is 10.1. The summed E-state index contributed by atoms with van der Waals surface area (Å²) in [5.41, 5.74) is 0.975. The zero-order valence-electron chi connectivity index (χ0n) is 11.0. The summed E-state index contributed by atoms with van der Waals surface area (Å²) in [4.78, 5) is 22.7. The fraction of sp³-hybridized carbons (Fsp3) is 0.385. The molecule has 0 atom stereocenters. The third-order valence-corrected chi connectivity index (χ3v) is 2.47. The highest BCUT2D eigenvalue weighted by Gasteiger charge is 2.14. The molecule has 0 aliphatic heterocycles. The second kappa shape index (κ2) is 7.38. The number of hydrogen-bond donors (Lipinski definition) is 3. The number of ether oxygens (including phenoxy) is 1. The van der Waals surface area contributed by atoms with Gasteiger partial charge in [-0.05, 0) is 25.5 Å². The third-order valence-electron chi connectivity index (χ3n) is 2.47. The maximum atomic E-state index is 11.6. The van der Waals surface area contributed by atoms with E-state index in [1.54, 1.807) is 25.1 Å². The average molecular weight is 266 g/mol. The van der Waals surface area contributed by atoms with Gasteiger partial charge in [0.05, 0.1) is 17.9 Å². The van der Waals surface area contributed by atoms with Crippen molar-refractivity contribution in [1.82, 2.24) is 5.32 Å². The highest BCUT2D eigenvalue weighted by molar-refractivity contribution is 6.01. The van der Waals surface area contributed by atoms with E-state index in [9.17, 15) is 9.59 Å². The number of aryl methyl sites for hydroxylation is 1. The molecular formula is C13H18N2O4. The van der Waals surface area contributed by atoms with Crippen molar-refractivity contribution in [1.29, 1.82) is 0 Å². The lowest BCUT2D eigenvalue weighted by Gasteiger charge is -2.11. The Kier molecular flexibility index (Phi) is 5.81. The first-order chi connectivity index (χ1) is 9.06. The largest absolute Gasteiger partial charge is 0.478 e. The van der Waals surface area contributed by atoms with Crippen LogP contribution in [-0.2, 0) is 4.74 Å². The number of hydrogen-bond acceptors (Lipinski definition) is 3. The molecule has 2 amide bonds. The summed E-state index contributed by atoms with van der Waals surface area (Å²) in [6.07, 6.45) is 0. The van der Waals surface area contributed by atoms with Gasteiger partial charge in [-0.1, -0.05) is 12.1 Å². The average Bonchev–Trinajstić information content (AvgIpc) is 2.34. The van der Waals surface area contributed by atoms with Crippen molar-refractivity contribution in [3.05, 3.63) is 29.3 Å². The number of aromatic carboxylic acids is 1. The van der Waals surface area contributed by atoms with Crippen molar-refractivity contribution >= 4 is 17.7 Å². The first-order valence-corrected chi connectivity index (χ1v) is 6.01. The van der Waals surface area contributed by atoms with Crippen molar-refractivity contribution in [2.24, 2.45) is 0 Å². The van der Waals surface area contributed by atoms with Crippen LogP contribution in [0.4, 0.5) is 10.5 Å². The van der Waals surface area contributed by atoms with Crippen LogP contribution in [0.3, 0.4) is 0 Å². The highest BCUT2D eigenvalue weighted by Crippen LogP contribution is 2.19. The summed E-state index contributed by atoms with van der Waals surface area (Å²) in [7, 11) is 0. The van der Waals surface area contributed by atoms with Crippen molar-refractivity contribution in [3.63, 3.8) is 0 Å². The molecule has 104 valence electrons. The minimum absolute atomic E-state index is 0.0995. The summed E-state index contributed by atoms with van der Waals surface area (Å²) in [5.74, 6) is -1.07. The van der Waals surface area contributed by atoms with Crippen molar-refractivity contribution in [3.8, 4) is 0 Å². The molecule has 0 aliphatic carbocycles. The van der Waals surface area contributed by atoms with Gasteiger partial charge in [0.25, 0.3) is 0 Å². The molecule has 1 rings (SSSR count). The van der Waals surface area contributed by atoms with Crippen LogP contribution in [0.25, 0.3) is 0 Å². The van der Waals surface area contributed by atoms with Crippen molar-refractivity contribution in [2.45, 2.75) is 13.8 Å². The Hall–Kier alpha value is -2.08. The number of amides is 2. The van der Waals surface area contributed by atoms with Crippen LogP contribution in [-0.4, -0.2) is 36.9 Å². The Labute approximate surface area is 111 Å².